The molecule has 2 heterocycles. The third-order valence-electron chi connectivity index (χ3n) is 5.85. The van der Waals surface area contributed by atoms with E-state index in [9.17, 15) is 9.59 Å². The lowest BCUT2D eigenvalue weighted by Gasteiger charge is -2.43. The number of hydrogen-bond acceptors (Lipinski definition) is 6. The molecule has 1 saturated heterocycles. The van der Waals surface area contributed by atoms with Gasteiger partial charge in [-0.15, -0.1) is 0 Å². The molecule has 0 N–H and O–H groups in total. The second-order valence-corrected chi connectivity index (χ2v) is 8.85. The smallest absolute Gasteiger partial charge is 0.319 e. The van der Waals surface area contributed by atoms with Crippen molar-refractivity contribution in [3.63, 3.8) is 0 Å². The van der Waals surface area contributed by atoms with Crippen molar-refractivity contribution in [2.45, 2.75) is 39.0 Å². The van der Waals surface area contributed by atoms with Gasteiger partial charge in [0.2, 0.25) is 11.7 Å². The number of carbonyl (C=O) groups is 2. The van der Waals surface area contributed by atoms with E-state index in [1.54, 1.807) is 4.57 Å². The monoisotopic (exact) mass is 400 g/mol. The first-order valence-corrected chi connectivity index (χ1v) is 9.92. The standard InChI is InChI=1S/C22H28N2O5/c1-21(2,3)20(26)24-12-14-11-17(23(4)13-18(25)27-5)22(28-9-10-29-22)15-7-6-8-16(24)19(14)15/h6-8,12,17H,9-11,13H2,1-5H3. The van der Waals surface area contributed by atoms with Gasteiger partial charge in [-0.1, -0.05) is 32.9 Å². The molecule has 29 heavy (non-hydrogen) atoms. The molecule has 0 radical (unpaired) electrons. The molecule has 1 aromatic heterocycles. The number of aromatic nitrogens is 1. The quantitative estimate of drug-likeness (QED) is 0.738. The molecule has 1 aliphatic carbocycles. The molecule has 2 aromatic rings. The van der Waals surface area contributed by atoms with E-state index in [2.05, 4.69) is 0 Å². The van der Waals surface area contributed by atoms with Crippen LogP contribution in [0.4, 0.5) is 0 Å². The second-order valence-electron chi connectivity index (χ2n) is 8.85. The fourth-order valence-electron chi connectivity index (χ4n) is 4.47. The van der Waals surface area contributed by atoms with Crippen LogP contribution in [0.25, 0.3) is 10.9 Å². The fraction of sp³-hybridized carbons (Fsp3) is 0.545. The number of fused-ring (bicyclic) bond motifs is 1. The van der Waals surface area contributed by atoms with Crippen molar-refractivity contribution < 1.29 is 23.8 Å². The van der Waals surface area contributed by atoms with Crippen molar-refractivity contribution in [2.24, 2.45) is 5.41 Å². The van der Waals surface area contributed by atoms with E-state index in [1.165, 1.54) is 7.11 Å². The van der Waals surface area contributed by atoms with Gasteiger partial charge in [0.25, 0.3) is 0 Å². The summed E-state index contributed by atoms with van der Waals surface area (Å²) in [7, 11) is 3.25. The van der Waals surface area contributed by atoms with Gasteiger partial charge in [-0.05, 0) is 25.1 Å². The third kappa shape index (κ3) is 3.08. The van der Waals surface area contributed by atoms with Crippen LogP contribution in [0.3, 0.4) is 0 Å². The normalized spacial score (nSPS) is 20.6. The molecule has 0 amide bonds. The predicted octanol–water partition coefficient (Wildman–Crippen LogP) is 2.56. The average molecular weight is 400 g/mol. The number of benzene rings is 1. The molecule has 0 bridgehead atoms. The van der Waals surface area contributed by atoms with Gasteiger partial charge in [0.1, 0.15) is 0 Å². The lowest BCUT2D eigenvalue weighted by atomic mass is 9.83. The summed E-state index contributed by atoms with van der Waals surface area (Å²) in [6, 6.07) is 5.68. The molecular weight excluding hydrogens is 372 g/mol. The number of esters is 1. The Balaban J connectivity index is 1.87. The van der Waals surface area contributed by atoms with Gasteiger partial charge in [0.05, 0.1) is 38.4 Å². The molecule has 7 heteroatoms. The van der Waals surface area contributed by atoms with Crippen molar-refractivity contribution in [1.82, 2.24) is 9.47 Å². The molecule has 1 spiro atoms. The van der Waals surface area contributed by atoms with Crippen LogP contribution in [0.5, 0.6) is 0 Å². The van der Waals surface area contributed by atoms with Gasteiger partial charge in [-0.2, -0.15) is 0 Å². The Labute approximate surface area is 170 Å². The second kappa shape index (κ2) is 6.93. The van der Waals surface area contributed by atoms with Crippen LogP contribution >= 0.6 is 0 Å². The van der Waals surface area contributed by atoms with Crippen molar-refractivity contribution in [1.29, 1.82) is 0 Å². The third-order valence-corrected chi connectivity index (χ3v) is 5.85. The Morgan fingerprint density at radius 3 is 2.59 bits per heavy atom. The Hall–Kier alpha value is -2.22. The van der Waals surface area contributed by atoms with Crippen LogP contribution < -0.4 is 0 Å². The first-order valence-electron chi connectivity index (χ1n) is 9.92. The van der Waals surface area contributed by atoms with Crippen LogP contribution in [0.15, 0.2) is 24.4 Å². The van der Waals surface area contributed by atoms with E-state index >= 15 is 0 Å². The maximum absolute atomic E-state index is 13.1. The van der Waals surface area contributed by atoms with Crippen LogP contribution in [0.1, 0.15) is 36.7 Å². The number of hydrogen-bond donors (Lipinski definition) is 0. The maximum Gasteiger partial charge on any atom is 0.319 e. The van der Waals surface area contributed by atoms with Gasteiger partial charge in [-0.3, -0.25) is 19.1 Å². The molecule has 2 aliphatic rings. The van der Waals surface area contributed by atoms with Crippen molar-refractivity contribution in [2.75, 3.05) is 33.9 Å². The van der Waals surface area contributed by atoms with Gasteiger partial charge in [0, 0.05) is 22.6 Å². The summed E-state index contributed by atoms with van der Waals surface area (Å²) in [5, 5.41) is 1.01. The Bertz CT molecular complexity index is 965. The van der Waals surface area contributed by atoms with Crippen molar-refractivity contribution in [3.8, 4) is 0 Å². The number of nitrogens with zero attached hydrogens (tertiary/aromatic N) is 2. The first-order chi connectivity index (χ1) is 13.7. The number of ether oxygens (including phenoxy) is 3. The van der Waals surface area contributed by atoms with Gasteiger partial charge < -0.3 is 14.2 Å². The minimum Gasteiger partial charge on any atom is -0.468 e. The van der Waals surface area contributed by atoms with Crippen LogP contribution in [-0.4, -0.2) is 61.3 Å². The summed E-state index contributed by atoms with van der Waals surface area (Å²) in [6.45, 7) is 6.85. The number of rotatable bonds is 3. The van der Waals surface area contributed by atoms with Crippen LogP contribution in [0.2, 0.25) is 0 Å². The average Bonchev–Trinajstić information content (AvgIpc) is 3.29. The minimum absolute atomic E-state index is 0.0366. The molecular formula is C22H28N2O5. The molecule has 7 nitrogen and oxygen atoms in total. The topological polar surface area (TPSA) is 70.0 Å². The Kier molecular flexibility index (Phi) is 4.80. The zero-order valence-corrected chi connectivity index (χ0v) is 17.7. The number of methoxy groups -OCH3 is 1. The zero-order chi connectivity index (χ0) is 21.0. The highest BCUT2D eigenvalue weighted by Gasteiger charge is 2.52. The van der Waals surface area contributed by atoms with E-state index in [1.807, 2.05) is 57.1 Å². The van der Waals surface area contributed by atoms with Gasteiger partial charge >= 0.3 is 5.97 Å². The molecule has 1 atom stereocenters. The Morgan fingerprint density at radius 1 is 1.28 bits per heavy atom. The van der Waals surface area contributed by atoms with E-state index < -0.39 is 11.2 Å². The highest BCUT2D eigenvalue weighted by atomic mass is 16.7. The first kappa shape index (κ1) is 20.1. The SMILES string of the molecule is COC(=O)CN(C)C1Cc2cn(C(=O)C(C)(C)C)c3cccc(c23)C12OCCO2. The molecule has 1 aromatic carbocycles. The summed E-state index contributed by atoms with van der Waals surface area (Å²) in [5.74, 6) is -1.24. The fourth-order valence-corrected chi connectivity index (χ4v) is 4.47. The molecule has 1 aliphatic heterocycles. The van der Waals surface area contributed by atoms with E-state index in [0.29, 0.717) is 19.6 Å². The lowest BCUT2D eigenvalue weighted by molar-refractivity contribution is -0.210. The van der Waals surface area contributed by atoms with Gasteiger partial charge in [-0.25, -0.2) is 0 Å². The van der Waals surface area contributed by atoms with E-state index in [0.717, 1.165) is 22.0 Å². The summed E-state index contributed by atoms with van der Waals surface area (Å²) >= 11 is 0. The van der Waals surface area contributed by atoms with Crippen LogP contribution in [0, 0.1) is 5.41 Å². The van der Waals surface area contributed by atoms with Crippen molar-refractivity contribution >= 4 is 22.8 Å². The molecule has 156 valence electrons. The summed E-state index contributed by atoms with van der Waals surface area (Å²) in [4.78, 5) is 26.9. The van der Waals surface area contributed by atoms with Crippen molar-refractivity contribution in [3.05, 3.63) is 35.5 Å². The summed E-state index contributed by atoms with van der Waals surface area (Å²) < 4.78 is 19.0. The Morgan fingerprint density at radius 2 is 1.97 bits per heavy atom. The largest absolute Gasteiger partial charge is 0.468 e. The minimum atomic E-state index is -0.966. The predicted molar refractivity (Wildman–Crippen MR) is 108 cm³/mol. The highest BCUT2D eigenvalue weighted by Crippen LogP contribution is 2.47. The number of carbonyl (C=O) groups excluding carboxylic acids is 2. The molecule has 1 fully saturated rings. The highest BCUT2D eigenvalue weighted by molar-refractivity contribution is 5.98. The lowest BCUT2D eigenvalue weighted by Crippen LogP contribution is -2.54. The molecule has 4 rings (SSSR count). The summed E-state index contributed by atoms with van der Waals surface area (Å²) in [6.07, 6.45) is 2.54. The maximum atomic E-state index is 13.1. The van der Waals surface area contributed by atoms with E-state index in [4.69, 9.17) is 14.2 Å². The van der Waals surface area contributed by atoms with E-state index in [-0.39, 0.29) is 24.5 Å². The molecule has 1 unspecified atom stereocenters. The summed E-state index contributed by atoms with van der Waals surface area (Å²) in [5.41, 5.74) is 2.33. The van der Waals surface area contributed by atoms with Gasteiger partial charge in [0.15, 0.2) is 0 Å². The van der Waals surface area contributed by atoms with Crippen LogP contribution in [-0.2, 0) is 31.2 Å². The number of likely N-dealkylation sites (N-methyl/N-ethyl adjacent to an activating group) is 1. The zero-order valence-electron chi connectivity index (χ0n) is 17.7. The molecule has 0 saturated carbocycles.